The number of esters is 2. The van der Waals surface area contributed by atoms with Crippen LogP contribution in [0.2, 0.25) is 0 Å². The summed E-state index contributed by atoms with van der Waals surface area (Å²) in [6.45, 7) is 14.0. The second-order valence-electron chi connectivity index (χ2n) is 13.4. The van der Waals surface area contributed by atoms with Gasteiger partial charge in [0.15, 0.2) is 0 Å². The van der Waals surface area contributed by atoms with E-state index in [1.807, 2.05) is 24.3 Å². The van der Waals surface area contributed by atoms with Gasteiger partial charge in [0.2, 0.25) is 5.91 Å². The number of unbranched alkanes of at least 4 members (excludes halogenated alkanes) is 2. The maximum Gasteiger partial charge on any atom is 0.308 e. The Morgan fingerprint density at radius 3 is 2.49 bits per heavy atom. The SMILES string of the molecule is C=CCN1CC[C@@]2(c3cccc(OC(C)=O)c3)C[C@H](N(CC(C)C)C(=O)CCCCCc3ccccc3)CC[C@]2(OC(C)=O)C1. The van der Waals surface area contributed by atoms with Gasteiger partial charge in [-0.25, -0.2) is 0 Å². The first-order chi connectivity index (χ1) is 21.6. The number of aryl methyl sites for hydroxylation is 1. The number of amides is 1. The van der Waals surface area contributed by atoms with Crippen LogP contribution in [-0.2, 0) is 31.0 Å². The summed E-state index contributed by atoms with van der Waals surface area (Å²) in [4.78, 5) is 43.0. The lowest BCUT2D eigenvalue weighted by Gasteiger charge is -2.60. The van der Waals surface area contributed by atoms with Crippen molar-refractivity contribution in [1.82, 2.24) is 9.80 Å². The molecule has 2 fully saturated rings. The summed E-state index contributed by atoms with van der Waals surface area (Å²) in [7, 11) is 0. The fourth-order valence-corrected chi connectivity index (χ4v) is 7.71. The van der Waals surface area contributed by atoms with Gasteiger partial charge < -0.3 is 14.4 Å². The molecule has 4 rings (SSSR count). The van der Waals surface area contributed by atoms with Gasteiger partial charge in [0.1, 0.15) is 11.4 Å². The van der Waals surface area contributed by atoms with Crippen LogP contribution in [0, 0.1) is 5.92 Å². The Morgan fingerprint density at radius 2 is 1.80 bits per heavy atom. The Bertz CT molecular complexity index is 1310. The van der Waals surface area contributed by atoms with Gasteiger partial charge in [0.25, 0.3) is 0 Å². The number of fused-ring (bicyclic) bond motifs is 1. The van der Waals surface area contributed by atoms with Crippen LogP contribution in [0.1, 0.15) is 90.2 Å². The molecule has 1 aliphatic heterocycles. The molecule has 0 N–H and O–H groups in total. The van der Waals surface area contributed by atoms with E-state index in [0.717, 1.165) is 50.6 Å². The number of carbonyl (C=O) groups is 3. The van der Waals surface area contributed by atoms with E-state index in [-0.39, 0.29) is 23.9 Å². The number of benzene rings is 2. The molecule has 0 unspecified atom stereocenters. The Labute approximate surface area is 270 Å². The summed E-state index contributed by atoms with van der Waals surface area (Å²) in [5.74, 6) is 0.328. The minimum Gasteiger partial charge on any atom is -0.457 e. The predicted molar refractivity (Wildman–Crippen MR) is 178 cm³/mol. The molecular formula is C38H52N2O5. The Kier molecular flexibility index (Phi) is 12.0. The lowest BCUT2D eigenvalue weighted by Crippen LogP contribution is -2.68. The third-order valence-corrected chi connectivity index (χ3v) is 9.57. The highest BCUT2D eigenvalue weighted by Crippen LogP contribution is 2.55. The number of likely N-dealkylation sites (tertiary alicyclic amines) is 1. The number of hydrogen-bond acceptors (Lipinski definition) is 6. The Hall–Kier alpha value is -3.45. The molecule has 2 aliphatic rings. The average Bonchev–Trinajstić information content (AvgIpc) is 2.99. The van der Waals surface area contributed by atoms with Crippen LogP contribution in [0.4, 0.5) is 0 Å². The molecule has 0 radical (unpaired) electrons. The molecule has 0 bridgehead atoms. The van der Waals surface area contributed by atoms with Gasteiger partial charge in [-0.1, -0.05) is 68.8 Å². The summed E-state index contributed by atoms with van der Waals surface area (Å²) in [5.41, 5.74) is 0.991. The summed E-state index contributed by atoms with van der Waals surface area (Å²) < 4.78 is 11.9. The zero-order chi connectivity index (χ0) is 32.5. The van der Waals surface area contributed by atoms with E-state index in [0.29, 0.717) is 50.6 Å². The number of piperidine rings is 1. The topological polar surface area (TPSA) is 76.2 Å². The second kappa shape index (κ2) is 15.7. The van der Waals surface area contributed by atoms with Crippen LogP contribution < -0.4 is 4.74 Å². The molecule has 1 aliphatic carbocycles. The molecule has 3 atom stereocenters. The molecule has 7 heteroatoms. The number of rotatable bonds is 14. The van der Waals surface area contributed by atoms with Gasteiger partial charge in [0.05, 0.1) is 0 Å². The minimum absolute atomic E-state index is 0.0104. The number of hydrogen-bond donors (Lipinski definition) is 0. The van der Waals surface area contributed by atoms with E-state index >= 15 is 0 Å². The van der Waals surface area contributed by atoms with Gasteiger partial charge in [0, 0.05) is 51.4 Å². The van der Waals surface area contributed by atoms with E-state index in [9.17, 15) is 14.4 Å². The Morgan fingerprint density at radius 1 is 1.02 bits per heavy atom. The van der Waals surface area contributed by atoms with Crippen LogP contribution >= 0.6 is 0 Å². The number of ether oxygens (including phenoxy) is 2. The van der Waals surface area contributed by atoms with Crippen molar-refractivity contribution in [3.63, 3.8) is 0 Å². The maximum atomic E-state index is 13.9. The standard InChI is InChI=1S/C38H52N2O5/c1-6-23-39-24-22-37(33-17-13-18-35(25-33)44-30(4)41)26-34(20-21-38(37,28-39)45-31(5)42)40(27-29(2)3)36(43)19-12-8-11-16-32-14-9-7-10-15-32/h6-7,9-10,13-15,17-18,25,29,34H,1,8,11-12,16,19-24,26-28H2,2-5H3/t34-,37+,38+/m1/s1. The van der Waals surface area contributed by atoms with Gasteiger partial charge in [-0.3, -0.25) is 19.3 Å². The second-order valence-corrected chi connectivity index (χ2v) is 13.4. The molecular weight excluding hydrogens is 564 g/mol. The molecule has 1 saturated heterocycles. The molecule has 2 aromatic carbocycles. The molecule has 0 spiro atoms. The summed E-state index contributed by atoms with van der Waals surface area (Å²) in [5, 5.41) is 0. The van der Waals surface area contributed by atoms with Crippen molar-refractivity contribution in [3.05, 3.63) is 78.4 Å². The van der Waals surface area contributed by atoms with Gasteiger partial charge in [-0.15, -0.1) is 6.58 Å². The smallest absolute Gasteiger partial charge is 0.308 e. The molecule has 2 aromatic rings. The third-order valence-electron chi connectivity index (χ3n) is 9.57. The van der Waals surface area contributed by atoms with Crippen LogP contribution in [0.3, 0.4) is 0 Å². The minimum atomic E-state index is -0.782. The summed E-state index contributed by atoms with van der Waals surface area (Å²) in [6, 6.07) is 18.2. The molecule has 1 heterocycles. The average molecular weight is 617 g/mol. The predicted octanol–water partition coefficient (Wildman–Crippen LogP) is 6.88. The zero-order valence-electron chi connectivity index (χ0n) is 27.8. The molecule has 0 aromatic heterocycles. The Balaban J connectivity index is 1.61. The fraction of sp³-hybridized carbons (Fsp3) is 0.553. The first-order valence-corrected chi connectivity index (χ1v) is 16.7. The van der Waals surface area contributed by atoms with E-state index in [2.05, 4.69) is 60.6 Å². The van der Waals surface area contributed by atoms with Crippen LogP contribution in [0.15, 0.2) is 67.3 Å². The van der Waals surface area contributed by atoms with Gasteiger partial charge >= 0.3 is 11.9 Å². The first kappa shape index (κ1) is 34.4. The highest BCUT2D eigenvalue weighted by molar-refractivity contribution is 5.76. The first-order valence-electron chi connectivity index (χ1n) is 16.7. The molecule has 7 nitrogen and oxygen atoms in total. The highest BCUT2D eigenvalue weighted by atomic mass is 16.6. The lowest BCUT2D eigenvalue weighted by molar-refractivity contribution is -0.190. The van der Waals surface area contributed by atoms with E-state index in [1.54, 1.807) is 6.07 Å². The summed E-state index contributed by atoms with van der Waals surface area (Å²) in [6.07, 6.45) is 9.24. The van der Waals surface area contributed by atoms with Crippen molar-refractivity contribution in [2.24, 2.45) is 5.92 Å². The van der Waals surface area contributed by atoms with Crippen molar-refractivity contribution in [2.45, 2.75) is 103 Å². The van der Waals surface area contributed by atoms with Crippen molar-refractivity contribution in [2.75, 3.05) is 26.2 Å². The lowest BCUT2D eigenvalue weighted by atomic mass is 9.54. The van der Waals surface area contributed by atoms with Crippen molar-refractivity contribution in [1.29, 1.82) is 0 Å². The molecule has 45 heavy (non-hydrogen) atoms. The zero-order valence-corrected chi connectivity index (χ0v) is 27.8. The van der Waals surface area contributed by atoms with Crippen molar-refractivity contribution < 1.29 is 23.9 Å². The largest absolute Gasteiger partial charge is 0.457 e. The quantitative estimate of drug-likeness (QED) is 0.0997. The molecule has 1 amide bonds. The monoisotopic (exact) mass is 616 g/mol. The molecule has 1 saturated carbocycles. The fourth-order valence-electron chi connectivity index (χ4n) is 7.71. The van der Waals surface area contributed by atoms with Crippen molar-refractivity contribution in [3.8, 4) is 5.75 Å². The van der Waals surface area contributed by atoms with Crippen LogP contribution in [0.5, 0.6) is 5.75 Å². The van der Waals surface area contributed by atoms with Crippen LogP contribution in [0.25, 0.3) is 0 Å². The van der Waals surface area contributed by atoms with Gasteiger partial charge in [-0.2, -0.15) is 0 Å². The normalized spacial score (nSPS) is 23.2. The molecule has 244 valence electrons. The van der Waals surface area contributed by atoms with Crippen molar-refractivity contribution >= 4 is 17.8 Å². The maximum absolute atomic E-state index is 13.9. The van der Waals surface area contributed by atoms with Gasteiger partial charge in [-0.05, 0) is 80.7 Å². The highest BCUT2D eigenvalue weighted by Gasteiger charge is 2.61. The number of carbonyl (C=O) groups excluding carboxylic acids is 3. The van der Waals surface area contributed by atoms with E-state index in [4.69, 9.17) is 9.47 Å². The third kappa shape index (κ3) is 8.63. The van der Waals surface area contributed by atoms with E-state index in [1.165, 1.54) is 19.4 Å². The number of nitrogens with zero attached hydrogens (tertiary/aromatic N) is 2. The van der Waals surface area contributed by atoms with E-state index < -0.39 is 11.0 Å². The van der Waals surface area contributed by atoms with Crippen LogP contribution in [-0.4, -0.2) is 65.5 Å². The summed E-state index contributed by atoms with van der Waals surface area (Å²) >= 11 is 0.